The Balaban J connectivity index is 1.96. The van der Waals surface area contributed by atoms with Gasteiger partial charge in [-0.15, -0.1) is 0 Å². The van der Waals surface area contributed by atoms with Gasteiger partial charge in [0, 0.05) is 18.0 Å². The van der Waals surface area contributed by atoms with Gasteiger partial charge in [0.2, 0.25) is 5.91 Å². The van der Waals surface area contributed by atoms with Gasteiger partial charge in [-0.25, -0.2) is 0 Å². The molecule has 1 aliphatic rings. The quantitative estimate of drug-likeness (QED) is 0.720. The highest BCUT2D eigenvalue weighted by Gasteiger charge is 2.49. The minimum absolute atomic E-state index is 0.0477. The van der Waals surface area contributed by atoms with E-state index in [-0.39, 0.29) is 11.8 Å². The smallest absolute Gasteiger partial charge is 0.235 e. The maximum Gasteiger partial charge on any atom is 0.235 e. The molecule has 1 N–H and O–H groups in total. The largest absolute Gasteiger partial charge is 0.325 e. The normalized spacial score (nSPS) is 20.1. The Labute approximate surface area is 146 Å². The van der Waals surface area contributed by atoms with Gasteiger partial charge in [-0.2, -0.15) is 0 Å². The Morgan fingerprint density at radius 1 is 1.00 bits per heavy atom. The van der Waals surface area contributed by atoms with Crippen molar-refractivity contribution in [3.63, 3.8) is 0 Å². The number of hydrogen-bond acceptors (Lipinski definition) is 2. The first kappa shape index (κ1) is 15.6. The van der Waals surface area contributed by atoms with Crippen LogP contribution >= 0.6 is 0 Å². The third-order valence-electron chi connectivity index (χ3n) is 5.43. The summed E-state index contributed by atoms with van der Waals surface area (Å²) in [4.78, 5) is 24.5. The number of aldehydes is 1. The zero-order valence-electron chi connectivity index (χ0n) is 14.0. The molecule has 3 aromatic rings. The molecule has 1 amide bonds. The second-order valence-corrected chi connectivity index (χ2v) is 6.73. The standard InChI is InChI=1S/C22H19NO2/c1-22(19-11-4-5-12-20(19)23-21(22)25)18(13-14-24)17-10-6-8-15-7-2-3-9-16(15)17/h2-12,14,18H,13H2,1H3,(H,23,25). The third-order valence-corrected chi connectivity index (χ3v) is 5.43. The summed E-state index contributed by atoms with van der Waals surface area (Å²) in [5, 5.41) is 5.20. The number of anilines is 1. The van der Waals surface area contributed by atoms with E-state index in [1.807, 2.05) is 55.5 Å². The number of carbonyl (C=O) groups excluding carboxylic acids is 2. The van der Waals surface area contributed by atoms with Gasteiger partial charge in [-0.1, -0.05) is 60.7 Å². The summed E-state index contributed by atoms with van der Waals surface area (Å²) in [6.07, 6.45) is 1.22. The minimum atomic E-state index is -0.776. The Morgan fingerprint density at radius 2 is 1.72 bits per heavy atom. The molecular weight excluding hydrogens is 310 g/mol. The van der Waals surface area contributed by atoms with Crippen LogP contribution in [0.15, 0.2) is 66.7 Å². The van der Waals surface area contributed by atoms with Gasteiger partial charge < -0.3 is 10.1 Å². The number of nitrogens with one attached hydrogen (secondary N) is 1. The highest BCUT2D eigenvalue weighted by molar-refractivity contribution is 6.07. The lowest BCUT2D eigenvalue weighted by Crippen LogP contribution is -2.38. The molecule has 0 radical (unpaired) electrons. The topological polar surface area (TPSA) is 46.2 Å². The van der Waals surface area contributed by atoms with E-state index in [1.54, 1.807) is 0 Å². The molecule has 4 rings (SSSR count). The molecule has 3 heteroatoms. The summed E-state index contributed by atoms with van der Waals surface area (Å²) < 4.78 is 0. The SMILES string of the molecule is CC1(C(CC=O)c2cccc3ccccc23)C(=O)Nc2ccccc21. The second-order valence-electron chi connectivity index (χ2n) is 6.73. The lowest BCUT2D eigenvalue weighted by Gasteiger charge is -2.32. The molecule has 3 aromatic carbocycles. The van der Waals surface area contributed by atoms with E-state index in [1.165, 1.54) is 0 Å². The number of para-hydroxylation sites is 1. The molecule has 2 atom stereocenters. The molecule has 2 unspecified atom stereocenters. The van der Waals surface area contributed by atoms with Crippen molar-refractivity contribution in [1.29, 1.82) is 0 Å². The van der Waals surface area contributed by atoms with Crippen molar-refractivity contribution in [2.24, 2.45) is 0 Å². The molecule has 1 aliphatic heterocycles. The van der Waals surface area contributed by atoms with E-state index >= 15 is 0 Å². The number of fused-ring (bicyclic) bond motifs is 2. The molecule has 0 saturated carbocycles. The van der Waals surface area contributed by atoms with E-state index in [0.29, 0.717) is 6.42 Å². The van der Waals surface area contributed by atoms with Crippen LogP contribution in [-0.2, 0) is 15.0 Å². The highest BCUT2D eigenvalue weighted by Crippen LogP contribution is 2.49. The van der Waals surface area contributed by atoms with Gasteiger partial charge >= 0.3 is 0 Å². The molecule has 25 heavy (non-hydrogen) atoms. The van der Waals surface area contributed by atoms with E-state index in [9.17, 15) is 9.59 Å². The zero-order valence-corrected chi connectivity index (χ0v) is 14.0. The van der Waals surface area contributed by atoms with Crippen LogP contribution in [0.2, 0.25) is 0 Å². The average molecular weight is 329 g/mol. The van der Waals surface area contributed by atoms with E-state index in [4.69, 9.17) is 0 Å². The summed E-state index contributed by atoms with van der Waals surface area (Å²) in [5.41, 5.74) is 2.06. The first-order chi connectivity index (χ1) is 12.2. The monoisotopic (exact) mass is 329 g/mol. The average Bonchev–Trinajstić information content (AvgIpc) is 2.91. The van der Waals surface area contributed by atoms with Crippen molar-refractivity contribution >= 4 is 28.7 Å². The van der Waals surface area contributed by atoms with Crippen LogP contribution < -0.4 is 5.32 Å². The molecule has 0 aliphatic carbocycles. The molecule has 0 saturated heterocycles. The van der Waals surface area contributed by atoms with Crippen LogP contribution in [0.3, 0.4) is 0 Å². The molecule has 0 fully saturated rings. The Hall–Kier alpha value is -2.94. The molecule has 0 bridgehead atoms. The predicted molar refractivity (Wildman–Crippen MR) is 99.8 cm³/mol. The fraction of sp³-hybridized carbons (Fsp3) is 0.182. The third kappa shape index (κ3) is 2.27. The van der Waals surface area contributed by atoms with E-state index in [2.05, 4.69) is 23.5 Å². The van der Waals surface area contributed by atoms with Gasteiger partial charge in [-0.05, 0) is 34.9 Å². The minimum Gasteiger partial charge on any atom is -0.325 e. The molecule has 1 heterocycles. The summed E-state index contributed by atoms with van der Waals surface area (Å²) in [7, 11) is 0. The maximum atomic E-state index is 13.0. The second kappa shape index (κ2) is 5.85. The lowest BCUT2D eigenvalue weighted by molar-refractivity contribution is -0.121. The van der Waals surface area contributed by atoms with Crippen LogP contribution in [0.25, 0.3) is 10.8 Å². The molecule has 3 nitrogen and oxygen atoms in total. The Bertz CT molecular complexity index is 973. The Kier molecular flexibility index (Phi) is 3.65. The lowest BCUT2D eigenvalue weighted by atomic mass is 9.67. The van der Waals surface area contributed by atoms with Gasteiger partial charge in [0.1, 0.15) is 6.29 Å². The molecular formula is C22H19NO2. The number of rotatable bonds is 4. The van der Waals surface area contributed by atoms with Crippen LogP contribution in [0.1, 0.15) is 30.4 Å². The van der Waals surface area contributed by atoms with Crippen molar-refractivity contribution < 1.29 is 9.59 Å². The van der Waals surface area contributed by atoms with Crippen molar-refractivity contribution in [2.45, 2.75) is 24.7 Å². The summed E-state index contributed by atoms with van der Waals surface area (Å²) >= 11 is 0. The fourth-order valence-electron chi connectivity index (χ4n) is 4.09. The summed E-state index contributed by atoms with van der Waals surface area (Å²) in [6, 6.07) is 22.0. The van der Waals surface area contributed by atoms with Crippen LogP contribution in [0.5, 0.6) is 0 Å². The summed E-state index contributed by atoms with van der Waals surface area (Å²) in [6.45, 7) is 1.95. The van der Waals surface area contributed by atoms with Crippen molar-refractivity contribution in [3.05, 3.63) is 77.9 Å². The number of benzene rings is 3. The number of hydrogen-bond donors (Lipinski definition) is 1. The van der Waals surface area contributed by atoms with Crippen LogP contribution in [0.4, 0.5) is 5.69 Å². The molecule has 124 valence electrons. The first-order valence-electron chi connectivity index (χ1n) is 8.48. The van der Waals surface area contributed by atoms with Gasteiger partial charge in [0.05, 0.1) is 5.41 Å². The van der Waals surface area contributed by atoms with Crippen molar-refractivity contribution in [3.8, 4) is 0 Å². The zero-order chi connectivity index (χ0) is 17.4. The molecule has 0 aromatic heterocycles. The Morgan fingerprint density at radius 3 is 2.56 bits per heavy atom. The van der Waals surface area contributed by atoms with Crippen LogP contribution in [0, 0.1) is 0 Å². The van der Waals surface area contributed by atoms with Crippen LogP contribution in [-0.4, -0.2) is 12.2 Å². The van der Waals surface area contributed by atoms with Crippen molar-refractivity contribution in [2.75, 3.05) is 5.32 Å². The van der Waals surface area contributed by atoms with Gasteiger partial charge in [-0.3, -0.25) is 4.79 Å². The van der Waals surface area contributed by atoms with E-state index < -0.39 is 5.41 Å². The maximum absolute atomic E-state index is 13.0. The summed E-state index contributed by atoms with van der Waals surface area (Å²) in [5.74, 6) is -0.270. The number of amides is 1. The highest BCUT2D eigenvalue weighted by atomic mass is 16.2. The van der Waals surface area contributed by atoms with Gasteiger partial charge in [0.25, 0.3) is 0 Å². The predicted octanol–water partition coefficient (Wildman–Crippen LogP) is 4.42. The van der Waals surface area contributed by atoms with E-state index in [0.717, 1.165) is 33.9 Å². The first-order valence-corrected chi connectivity index (χ1v) is 8.48. The van der Waals surface area contributed by atoms with Gasteiger partial charge in [0.15, 0.2) is 0 Å². The molecule has 0 spiro atoms. The number of carbonyl (C=O) groups is 2. The van der Waals surface area contributed by atoms with Crippen molar-refractivity contribution in [1.82, 2.24) is 0 Å². The fourth-order valence-corrected chi connectivity index (χ4v) is 4.09.